The number of methoxy groups -OCH3 is 1. The predicted molar refractivity (Wildman–Crippen MR) is 133 cm³/mol. The molecule has 5 rings (SSSR count). The average Bonchev–Trinajstić information content (AvgIpc) is 3.69. The molecule has 0 atom stereocenters. The molecule has 0 spiro atoms. The lowest BCUT2D eigenvalue weighted by atomic mass is 10.3. The van der Waals surface area contributed by atoms with E-state index in [1.165, 1.54) is 18.0 Å². The van der Waals surface area contributed by atoms with Crippen LogP contribution in [0, 0.1) is 0 Å². The fraction of sp³-hybridized carbons (Fsp3) is 0.250. The third-order valence-electron chi connectivity index (χ3n) is 5.68. The van der Waals surface area contributed by atoms with Crippen LogP contribution in [-0.2, 0) is 4.79 Å². The van der Waals surface area contributed by atoms with Crippen molar-refractivity contribution in [3.8, 4) is 22.1 Å². The Morgan fingerprint density at radius 1 is 1.03 bits per heavy atom. The van der Waals surface area contributed by atoms with Crippen molar-refractivity contribution in [1.29, 1.82) is 0 Å². The molecule has 3 aromatic heterocycles. The number of thiophene rings is 1. The quantitative estimate of drug-likeness (QED) is 0.351. The molecule has 1 aliphatic heterocycles. The number of ether oxygens (including phenoxy) is 1. The second kappa shape index (κ2) is 10.4. The maximum Gasteiger partial charge on any atom is 0.289 e. The number of benzene rings is 1. The van der Waals surface area contributed by atoms with E-state index in [0.29, 0.717) is 37.1 Å². The van der Waals surface area contributed by atoms with Gasteiger partial charge in [0.25, 0.3) is 5.91 Å². The molecule has 0 saturated carbocycles. The number of hydrogen-bond acceptors (Lipinski definition) is 8. The highest BCUT2D eigenvalue weighted by Gasteiger charge is 2.26. The second-order valence-corrected chi connectivity index (χ2v) is 9.65. The summed E-state index contributed by atoms with van der Waals surface area (Å²) in [7, 11) is 1.63. The van der Waals surface area contributed by atoms with Crippen LogP contribution in [0.5, 0.6) is 5.75 Å². The number of amides is 2. The second-order valence-electron chi connectivity index (χ2n) is 7.76. The number of thioether (sulfide) groups is 1. The van der Waals surface area contributed by atoms with Crippen molar-refractivity contribution in [3.05, 3.63) is 65.9 Å². The molecule has 35 heavy (non-hydrogen) atoms. The van der Waals surface area contributed by atoms with E-state index >= 15 is 0 Å². The van der Waals surface area contributed by atoms with E-state index in [1.807, 2.05) is 46.3 Å². The Hall–Kier alpha value is -3.57. The molecule has 1 saturated heterocycles. The Bertz CT molecular complexity index is 1280. The van der Waals surface area contributed by atoms with Crippen LogP contribution >= 0.6 is 23.1 Å². The number of carbonyl (C=O) groups excluding carboxylic acids is 2. The molecule has 9 nitrogen and oxygen atoms in total. The van der Waals surface area contributed by atoms with Crippen LogP contribution in [0.1, 0.15) is 10.6 Å². The van der Waals surface area contributed by atoms with E-state index in [1.54, 1.807) is 40.4 Å². The molecular formula is C24H23N5O4S2. The van der Waals surface area contributed by atoms with Crippen molar-refractivity contribution in [2.45, 2.75) is 5.16 Å². The maximum atomic E-state index is 13.0. The van der Waals surface area contributed by atoms with Crippen LogP contribution in [0.15, 0.2) is 69.7 Å². The number of rotatable bonds is 7. The highest BCUT2D eigenvalue weighted by molar-refractivity contribution is 7.99. The molecule has 1 aliphatic rings. The van der Waals surface area contributed by atoms with Gasteiger partial charge in [-0.2, -0.15) is 0 Å². The number of piperazine rings is 1. The predicted octanol–water partition coefficient (Wildman–Crippen LogP) is 3.67. The molecule has 0 bridgehead atoms. The van der Waals surface area contributed by atoms with Gasteiger partial charge in [-0.3, -0.25) is 14.2 Å². The van der Waals surface area contributed by atoms with E-state index in [2.05, 4.69) is 10.2 Å². The molecule has 2 amide bonds. The smallest absolute Gasteiger partial charge is 0.289 e. The summed E-state index contributed by atoms with van der Waals surface area (Å²) >= 11 is 2.94. The third-order valence-corrected chi connectivity index (χ3v) is 7.46. The minimum absolute atomic E-state index is 0.00190. The monoisotopic (exact) mass is 509 g/mol. The van der Waals surface area contributed by atoms with Crippen LogP contribution in [0.25, 0.3) is 16.4 Å². The first-order chi connectivity index (χ1) is 17.1. The number of furan rings is 1. The first kappa shape index (κ1) is 23.2. The molecule has 11 heteroatoms. The van der Waals surface area contributed by atoms with E-state index in [-0.39, 0.29) is 17.6 Å². The van der Waals surface area contributed by atoms with Gasteiger partial charge in [-0.05, 0) is 47.8 Å². The van der Waals surface area contributed by atoms with Gasteiger partial charge in [0, 0.05) is 26.2 Å². The summed E-state index contributed by atoms with van der Waals surface area (Å²) < 4.78 is 12.4. The Morgan fingerprint density at radius 3 is 2.46 bits per heavy atom. The van der Waals surface area contributed by atoms with Gasteiger partial charge in [-0.15, -0.1) is 21.5 Å². The number of aromatic nitrogens is 3. The molecule has 1 aromatic carbocycles. The van der Waals surface area contributed by atoms with Gasteiger partial charge in [0.15, 0.2) is 16.7 Å². The normalized spacial score (nSPS) is 13.7. The molecule has 0 radical (unpaired) electrons. The van der Waals surface area contributed by atoms with Gasteiger partial charge < -0.3 is 19.0 Å². The summed E-state index contributed by atoms with van der Waals surface area (Å²) in [5, 5.41) is 11.4. The average molecular weight is 510 g/mol. The lowest BCUT2D eigenvalue weighted by molar-refractivity contribution is -0.129. The standard InChI is InChI=1S/C24H23N5O4S2/c1-32-18-8-6-17(7-9-18)29-22(20-5-3-15-34-20)25-26-24(29)35-16-21(30)27-10-12-28(13-11-27)23(31)19-4-2-14-33-19/h2-9,14-15H,10-13,16H2,1H3. The van der Waals surface area contributed by atoms with Crippen molar-refractivity contribution < 1.29 is 18.7 Å². The van der Waals surface area contributed by atoms with Crippen LogP contribution in [0.2, 0.25) is 0 Å². The van der Waals surface area contributed by atoms with Crippen LogP contribution < -0.4 is 4.74 Å². The summed E-state index contributed by atoms with van der Waals surface area (Å²) in [5.41, 5.74) is 0.888. The van der Waals surface area contributed by atoms with Crippen LogP contribution in [-0.4, -0.2) is 75.4 Å². The minimum atomic E-state index is -0.148. The molecule has 4 aromatic rings. The minimum Gasteiger partial charge on any atom is -0.497 e. The largest absolute Gasteiger partial charge is 0.497 e. The van der Waals surface area contributed by atoms with Crippen molar-refractivity contribution in [2.75, 3.05) is 39.0 Å². The summed E-state index contributed by atoms with van der Waals surface area (Å²) in [5.74, 6) is 1.89. The van der Waals surface area contributed by atoms with Gasteiger partial charge in [-0.25, -0.2) is 0 Å². The van der Waals surface area contributed by atoms with Crippen LogP contribution in [0.4, 0.5) is 0 Å². The van der Waals surface area contributed by atoms with Crippen molar-refractivity contribution in [3.63, 3.8) is 0 Å². The molecule has 0 aliphatic carbocycles. The van der Waals surface area contributed by atoms with Gasteiger partial charge in [0.05, 0.1) is 29.7 Å². The van der Waals surface area contributed by atoms with Crippen molar-refractivity contribution in [2.24, 2.45) is 0 Å². The number of nitrogens with zero attached hydrogens (tertiary/aromatic N) is 5. The fourth-order valence-corrected chi connectivity index (χ4v) is 5.38. The Labute approximate surface area is 210 Å². The van der Waals surface area contributed by atoms with Gasteiger partial charge in [0.2, 0.25) is 5.91 Å². The van der Waals surface area contributed by atoms with E-state index < -0.39 is 0 Å². The van der Waals surface area contributed by atoms with Crippen LogP contribution in [0.3, 0.4) is 0 Å². The summed E-state index contributed by atoms with van der Waals surface area (Å²) in [4.78, 5) is 29.9. The molecule has 0 N–H and O–H groups in total. The first-order valence-electron chi connectivity index (χ1n) is 11.0. The maximum absolute atomic E-state index is 13.0. The number of carbonyl (C=O) groups is 2. The lowest BCUT2D eigenvalue weighted by Crippen LogP contribution is -2.51. The summed E-state index contributed by atoms with van der Waals surface area (Å²) in [6.45, 7) is 1.91. The topological polar surface area (TPSA) is 93.7 Å². The SMILES string of the molecule is COc1ccc(-n2c(SCC(=O)N3CCN(C(=O)c4ccco4)CC3)nnc2-c2cccs2)cc1. The van der Waals surface area contributed by atoms with E-state index in [4.69, 9.17) is 9.15 Å². The molecular weight excluding hydrogens is 486 g/mol. The van der Waals surface area contributed by atoms with Gasteiger partial charge in [-0.1, -0.05) is 17.8 Å². The summed E-state index contributed by atoms with van der Waals surface area (Å²) in [6.07, 6.45) is 1.48. The Morgan fingerprint density at radius 2 is 1.80 bits per heavy atom. The van der Waals surface area contributed by atoms with Gasteiger partial charge >= 0.3 is 0 Å². The summed E-state index contributed by atoms with van der Waals surface area (Å²) in [6, 6.07) is 15.0. The Kier molecular flexibility index (Phi) is 6.87. The van der Waals surface area contributed by atoms with E-state index in [0.717, 1.165) is 22.1 Å². The van der Waals surface area contributed by atoms with Crippen molar-refractivity contribution >= 4 is 34.9 Å². The zero-order valence-corrected chi connectivity index (χ0v) is 20.6. The zero-order chi connectivity index (χ0) is 24.2. The lowest BCUT2D eigenvalue weighted by Gasteiger charge is -2.34. The highest BCUT2D eigenvalue weighted by Crippen LogP contribution is 2.31. The molecule has 1 fully saturated rings. The molecule has 4 heterocycles. The molecule has 180 valence electrons. The Balaban J connectivity index is 1.26. The first-order valence-corrected chi connectivity index (χ1v) is 12.9. The zero-order valence-electron chi connectivity index (χ0n) is 19.0. The fourth-order valence-electron chi connectivity index (χ4n) is 3.83. The van der Waals surface area contributed by atoms with E-state index in [9.17, 15) is 9.59 Å². The third kappa shape index (κ3) is 4.96. The van der Waals surface area contributed by atoms with Crippen molar-refractivity contribution in [1.82, 2.24) is 24.6 Å². The molecule has 0 unspecified atom stereocenters. The highest BCUT2D eigenvalue weighted by atomic mass is 32.2. The number of hydrogen-bond donors (Lipinski definition) is 0. The van der Waals surface area contributed by atoms with Gasteiger partial charge in [0.1, 0.15) is 5.75 Å².